The second kappa shape index (κ2) is 9.11. The Morgan fingerprint density at radius 2 is 1.89 bits per heavy atom. The smallest absolute Gasteiger partial charge is 0.0462 e. The second-order valence-electron chi connectivity index (χ2n) is 5.36. The number of rotatable bonds is 9. The predicted molar refractivity (Wildman–Crippen MR) is 82.8 cm³/mol. The molecular formula is C17H29NO. The van der Waals surface area contributed by atoms with E-state index in [1.54, 1.807) is 7.11 Å². The molecular weight excluding hydrogens is 234 g/mol. The van der Waals surface area contributed by atoms with Gasteiger partial charge in [-0.15, -0.1) is 0 Å². The van der Waals surface area contributed by atoms with Crippen molar-refractivity contribution in [3.63, 3.8) is 0 Å². The minimum atomic E-state index is 0.565. The molecule has 0 aromatic heterocycles. The van der Waals surface area contributed by atoms with Gasteiger partial charge in [0.05, 0.1) is 0 Å². The van der Waals surface area contributed by atoms with Crippen molar-refractivity contribution in [2.24, 2.45) is 0 Å². The van der Waals surface area contributed by atoms with Gasteiger partial charge >= 0.3 is 0 Å². The summed E-state index contributed by atoms with van der Waals surface area (Å²) in [6, 6.07) is 7.14. The lowest BCUT2D eigenvalue weighted by Gasteiger charge is -2.21. The average Bonchev–Trinajstić information content (AvgIpc) is 2.39. The molecule has 0 fully saturated rings. The van der Waals surface area contributed by atoms with Gasteiger partial charge in [0.25, 0.3) is 0 Å². The van der Waals surface area contributed by atoms with Crippen molar-refractivity contribution in [1.82, 2.24) is 5.32 Å². The highest BCUT2D eigenvalue weighted by Crippen LogP contribution is 2.17. The molecule has 0 aliphatic carbocycles. The van der Waals surface area contributed by atoms with Crippen molar-refractivity contribution in [2.45, 2.75) is 52.5 Å². The van der Waals surface area contributed by atoms with Crippen LogP contribution in [-0.4, -0.2) is 26.3 Å². The number of hydrogen-bond acceptors (Lipinski definition) is 2. The third-order valence-electron chi connectivity index (χ3n) is 3.68. The molecule has 19 heavy (non-hydrogen) atoms. The molecule has 1 unspecified atom stereocenters. The van der Waals surface area contributed by atoms with E-state index in [4.69, 9.17) is 4.74 Å². The molecule has 1 rings (SSSR count). The molecule has 1 aromatic carbocycles. The van der Waals surface area contributed by atoms with E-state index in [9.17, 15) is 0 Å². The first-order chi connectivity index (χ1) is 9.19. The Morgan fingerprint density at radius 1 is 1.21 bits per heavy atom. The van der Waals surface area contributed by atoms with Gasteiger partial charge in [0, 0.05) is 19.8 Å². The fourth-order valence-electron chi connectivity index (χ4n) is 2.52. The van der Waals surface area contributed by atoms with Crippen molar-refractivity contribution in [1.29, 1.82) is 0 Å². The van der Waals surface area contributed by atoms with Crippen LogP contribution in [0.5, 0.6) is 0 Å². The molecule has 0 saturated heterocycles. The number of aryl methyl sites for hydroxylation is 2. The van der Waals surface area contributed by atoms with E-state index in [2.05, 4.69) is 44.3 Å². The number of benzene rings is 1. The summed E-state index contributed by atoms with van der Waals surface area (Å²) in [4.78, 5) is 0. The Kier molecular flexibility index (Phi) is 7.76. The monoisotopic (exact) mass is 263 g/mol. The topological polar surface area (TPSA) is 21.3 Å². The molecule has 108 valence electrons. The molecule has 2 heteroatoms. The van der Waals surface area contributed by atoms with Crippen LogP contribution in [-0.2, 0) is 11.2 Å². The minimum Gasteiger partial charge on any atom is -0.385 e. The van der Waals surface area contributed by atoms with Gasteiger partial charge in [-0.05, 0) is 62.8 Å². The van der Waals surface area contributed by atoms with Crippen LogP contribution in [0.1, 0.15) is 42.9 Å². The van der Waals surface area contributed by atoms with Crippen molar-refractivity contribution >= 4 is 0 Å². The van der Waals surface area contributed by atoms with Gasteiger partial charge in [-0.25, -0.2) is 0 Å². The molecule has 0 heterocycles. The van der Waals surface area contributed by atoms with Gasteiger partial charge < -0.3 is 10.1 Å². The van der Waals surface area contributed by atoms with Gasteiger partial charge in [-0.3, -0.25) is 0 Å². The standard InChI is InChI=1S/C17H29NO/c1-5-11-18-16(10-7-12-19-4)13-17-14(2)8-6-9-15(17)3/h6,8-9,16,18H,5,7,10-13H2,1-4H3. The van der Waals surface area contributed by atoms with Crippen molar-refractivity contribution in [3.8, 4) is 0 Å². The fourth-order valence-corrected chi connectivity index (χ4v) is 2.52. The number of hydrogen-bond donors (Lipinski definition) is 1. The van der Waals surface area contributed by atoms with Crippen LogP contribution < -0.4 is 5.32 Å². The summed E-state index contributed by atoms with van der Waals surface area (Å²) in [6.07, 6.45) is 4.63. The quantitative estimate of drug-likeness (QED) is 0.687. The summed E-state index contributed by atoms with van der Waals surface area (Å²) >= 11 is 0. The molecule has 0 spiro atoms. The zero-order chi connectivity index (χ0) is 14.1. The van der Waals surface area contributed by atoms with E-state index in [1.807, 2.05) is 0 Å². The minimum absolute atomic E-state index is 0.565. The van der Waals surface area contributed by atoms with Crippen molar-refractivity contribution < 1.29 is 4.74 Å². The van der Waals surface area contributed by atoms with E-state index in [-0.39, 0.29) is 0 Å². The summed E-state index contributed by atoms with van der Waals surface area (Å²) in [5.41, 5.74) is 4.33. The molecule has 0 amide bonds. The maximum atomic E-state index is 5.17. The van der Waals surface area contributed by atoms with E-state index in [1.165, 1.54) is 29.5 Å². The normalized spacial score (nSPS) is 12.6. The number of methoxy groups -OCH3 is 1. The van der Waals surface area contributed by atoms with Gasteiger partial charge in [0.2, 0.25) is 0 Å². The molecule has 0 saturated carbocycles. The lowest BCUT2D eigenvalue weighted by atomic mass is 9.94. The van der Waals surface area contributed by atoms with Crippen LogP contribution in [0.15, 0.2) is 18.2 Å². The average molecular weight is 263 g/mol. The molecule has 0 bridgehead atoms. The highest BCUT2D eigenvalue weighted by atomic mass is 16.5. The molecule has 1 N–H and O–H groups in total. The maximum Gasteiger partial charge on any atom is 0.0462 e. The lowest BCUT2D eigenvalue weighted by molar-refractivity contribution is 0.188. The maximum absolute atomic E-state index is 5.17. The van der Waals surface area contributed by atoms with Crippen LogP contribution in [0.25, 0.3) is 0 Å². The van der Waals surface area contributed by atoms with Crippen LogP contribution >= 0.6 is 0 Å². The van der Waals surface area contributed by atoms with Crippen LogP contribution in [0.4, 0.5) is 0 Å². The second-order valence-corrected chi connectivity index (χ2v) is 5.36. The Morgan fingerprint density at radius 3 is 2.47 bits per heavy atom. The number of ether oxygens (including phenoxy) is 1. The highest BCUT2D eigenvalue weighted by molar-refractivity contribution is 5.34. The first-order valence-electron chi connectivity index (χ1n) is 7.46. The van der Waals surface area contributed by atoms with Gasteiger partial charge in [0.15, 0.2) is 0 Å². The molecule has 1 atom stereocenters. The van der Waals surface area contributed by atoms with Gasteiger partial charge in [-0.1, -0.05) is 25.1 Å². The zero-order valence-electron chi connectivity index (χ0n) is 13.0. The lowest BCUT2D eigenvalue weighted by Crippen LogP contribution is -2.32. The predicted octanol–water partition coefficient (Wildman–Crippen LogP) is 3.64. The van der Waals surface area contributed by atoms with Crippen LogP contribution in [0, 0.1) is 13.8 Å². The Balaban J connectivity index is 2.64. The molecule has 0 aliphatic heterocycles. The molecule has 0 radical (unpaired) electrons. The third-order valence-corrected chi connectivity index (χ3v) is 3.68. The fraction of sp³-hybridized carbons (Fsp3) is 0.647. The van der Waals surface area contributed by atoms with Gasteiger partial charge in [-0.2, -0.15) is 0 Å². The van der Waals surface area contributed by atoms with E-state index >= 15 is 0 Å². The van der Waals surface area contributed by atoms with E-state index < -0.39 is 0 Å². The van der Waals surface area contributed by atoms with Crippen LogP contribution in [0.3, 0.4) is 0 Å². The summed E-state index contributed by atoms with van der Waals surface area (Å²) in [5.74, 6) is 0. The first-order valence-corrected chi connectivity index (χ1v) is 7.46. The van der Waals surface area contributed by atoms with Crippen molar-refractivity contribution in [3.05, 3.63) is 34.9 Å². The molecule has 2 nitrogen and oxygen atoms in total. The Hall–Kier alpha value is -0.860. The van der Waals surface area contributed by atoms with Gasteiger partial charge in [0.1, 0.15) is 0 Å². The Labute approximate surface area is 118 Å². The van der Waals surface area contributed by atoms with E-state index in [0.717, 1.165) is 26.0 Å². The highest BCUT2D eigenvalue weighted by Gasteiger charge is 2.11. The summed E-state index contributed by atoms with van der Waals surface area (Å²) < 4.78 is 5.17. The molecule has 0 aliphatic rings. The Bertz CT molecular complexity index is 342. The van der Waals surface area contributed by atoms with Crippen molar-refractivity contribution in [2.75, 3.05) is 20.3 Å². The zero-order valence-corrected chi connectivity index (χ0v) is 13.0. The van der Waals surface area contributed by atoms with Crippen LogP contribution in [0.2, 0.25) is 0 Å². The largest absolute Gasteiger partial charge is 0.385 e. The SMILES string of the molecule is CCCNC(CCCOC)Cc1c(C)cccc1C. The first kappa shape index (κ1) is 16.2. The summed E-state index contributed by atoms with van der Waals surface area (Å²) in [7, 11) is 1.78. The van der Waals surface area contributed by atoms with E-state index in [0.29, 0.717) is 6.04 Å². The summed E-state index contributed by atoms with van der Waals surface area (Å²) in [5, 5.41) is 3.68. The summed E-state index contributed by atoms with van der Waals surface area (Å²) in [6.45, 7) is 8.61. The third kappa shape index (κ3) is 5.75. The molecule has 1 aromatic rings. The number of nitrogens with one attached hydrogen (secondary N) is 1.